The quantitative estimate of drug-likeness (QED) is 0.0422. The van der Waals surface area contributed by atoms with Gasteiger partial charge in [0.2, 0.25) is 0 Å². The van der Waals surface area contributed by atoms with E-state index in [1.807, 2.05) is 0 Å². The van der Waals surface area contributed by atoms with E-state index in [2.05, 4.69) is 20.8 Å². The molecule has 9 nitrogen and oxygen atoms in total. The minimum atomic E-state index is -4.59. The van der Waals surface area contributed by atoms with E-state index in [0.29, 0.717) is 0 Å². The predicted molar refractivity (Wildman–Crippen MR) is 226 cm³/mol. The smallest absolute Gasteiger partial charge is 0.807 e. The van der Waals surface area contributed by atoms with Gasteiger partial charge in [0.1, 0.15) is 0 Å². The zero-order valence-corrected chi connectivity index (χ0v) is 40.0. The second-order valence-corrected chi connectivity index (χ2v) is 19.6. The van der Waals surface area contributed by atoms with Gasteiger partial charge in [0.05, 0.1) is 0 Å². The van der Waals surface area contributed by atoms with Gasteiger partial charge in [0, 0.05) is 0 Å². The minimum Gasteiger partial charge on any atom is -0.807 e. The molecule has 0 amide bonds. The fourth-order valence-corrected chi connectivity index (χ4v) is 7.94. The Balaban J connectivity index is 0.000000833. The van der Waals surface area contributed by atoms with Gasteiger partial charge in [0.15, 0.2) is 0 Å². The van der Waals surface area contributed by atoms with Crippen LogP contribution in [0.4, 0.5) is 0 Å². The van der Waals surface area contributed by atoms with Gasteiger partial charge >= 0.3 is 21.1 Å². The Morgan fingerprint density at radius 3 is 0.655 bits per heavy atom. The average molecular weight is 943 g/mol. The molecule has 324 valence electrons. The summed E-state index contributed by atoms with van der Waals surface area (Å²) in [6.45, 7) is 6.64. The van der Waals surface area contributed by atoms with Crippen LogP contribution in [-0.4, -0.2) is 0 Å². The first kappa shape index (κ1) is 56.8. The molecule has 0 aliphatic rings. The third-order valence-electron chi connectivity index (χ3n) is 9.96. The van der Waals surface area contributed by atoms with Gasteiger partial charge in [-0.2, -0.15) is 0 Å². The molecular formula is C45H69MoO9P3. The molecule has 0 radical (unpaired) electrons. The van der Waals surface area contributed by atoms with Crippen LogP contribution < -0.4 is 45.3 Å². The maximum absolute atomic E-state index is 10.8. The van der Waals surface area contributed by atoms with Crippen LogP contribution in [-0.2, 0) is 54.0 Å². The Bertz CT molecular complexity index is 1380. The standard InChI is InChI=1S/3C15H25O3P.Mo/c3*1-2-3-4-5-6-7-8-9-14-10-12-15(13-11-14)19(16,17)18;/h3*10-13H,2-9H2,1H3,(H2,16,17,18);/q;;;+6/p-6. The first-order valence-electron chi connectivity index (χ1n) is 21.5. The normalized spacial score (nSPS) is 11.5. The molecule has 0 aromatic heterocycles. The molecule has 3 rings (SSSR count). The predicted octanol–water partition coefficient (Wildman–Crippen LogP) is 7.55. The zero-order chi connectivity index (χ0) is 42.4. The number of rotatable bonds is 27. The Hall–Kier alpha value is -1.20. The summed E-state index contributed by atoms with van der Waals surface area (Å²) >= 11 is 0. The van der Waals surface area contributed by atoms with E-state index in [4.69, 9.17) is 0 Å². The molecule has 0 saturated carbocycles. The van der Waals surface area contributed by atoms with Crippen molar-refractivity contribution in [2.75, 3.05) is 0 Å². The number of hydrogen-bond donors (Lipinski definition) is 0. The molecule has 0 heterocycles. The second kappa shape index (κ2) is 33.4. The Labute approximate surface area is 365 Å². The summed E-state index contributed by atoms with van der Waals surface area (Å²) in [5, 5.41) is -0.345. The number of unbranched alkanes of at least 4 members (excludes halogenated alkanes) is 18. The molecule has 58 heavy (non-hydrogen) atoms. The van der Waals surface area contributed by atoms with Crippen LogP contribution in [0.5, 0.6) is 0 Å². The van der Waals surface area contributed by atoms with Gasteiger partial charge in [-0.1, -0.05) is 209 Å². The maximum Gasteiger partial charge on any atom is 6.00 e. The molecule has 0 saturated heterocycles. The van der Waals surface area contributed by atoms with Gasteiger partial charge < -0.3 is 43.1 Å². The molecule has 0 aliphatic carbocycles. The van der Waals surface area contributed by atoms with Crippen molar-refractivity contribution in [1.29, 1.82) is 0 Å². The van der Waals surface area contributed by atoms with Crippen molar-refractivity contribution in [2.45, 2.75) is 175 Å². The van der Waals surface area contributed by atoms with Gasteiger partial charge in [-0.25, -0.2) is 0 Å². The summed E-state index contributed by atoms with van der Waals surface area (Å²) in [4.78, 5) is 64.8. The van der Waals surface area contributed by atoms with Crippen LogP contribution in [0.15, 0.2) is 72.8 Å². The van der Waals surface area contributed by atoms with Crippen LogP contribution >= 0.6 is 22.8 Å². The molecule has 0 spiro atoms. The van der Waals surface area contributed by atoms with Crippen molar-refractivity contribution in [3.63, 3.8) is 0 Å². The van der Waals surface area contributed by atoms with E-state index in [1.165, 1.54) is 152 Å². The minimum absolute atomic E-state index is 0. The van der Waals surface area contributed by atoms with Crippen LogP contribution in [0.3, 0.4) is 0 Å². The van der Waals surface area contributed by atoms with Gasteiger partial charge in [-0.05, 0) is 93.9 Å². The fourth-order valence-electron chi connectivity index (χ4n) is 6.39. The van der Waals surface area contributed by atoms with E-state index < -0.39 is 22.8 Å². The largest absolute Gasteiger partial charge is 6.00 e. The van der Waals surface area contributed by atoms with E-state index in [9.17, 15) is 43.1 Å². The third kappa shape index (κ3) is 29.1. The van der Waals surface area contributed by atoms with Crippen molar-refractivity contribution in [3.8, 4) is 0 Å². The van der Waals surface area contributed by atoms with Crippen LogP contribution in [0, 0.1) is 0 Å². The van der Waals surface area contributed by atoms with Gasteiger partial charge in [-0.3, -0.25) is 0 Å². The molecule has 0 aliphatic heterocycles. The van der Waals surface area contributed by atoms with Gasteiger partial charge in [-0.15, -0.1) is 0 Å². The third-order valence-corrected chi connectivity index (χ3v) is 12.8. The Kier molecular flexibility index (Phi) is 32.7. The fraction of sp³-hybridized carbons (Fsp3) is 0.600. The zero-order valence-electron chi connectivity index (χ0n) is 35.3. The monoisotopic (exact) mass is 944 g/mol. The van der Waals surface area contributed by atoms with Gasteiger partial charge in [0.25, 0.3) is 0 Å². The van der Waals surface area contributed by atoms with Crippen LogP contribution in [0.1, 0.15) is 172 Å². The van der Waals surface area contributed by atoms with E-state index in [0.717, 1.165) is 55.2 Å². The van der Waals surface area contributed by atoms with E-state index in [1.54, 1.807) is 36.4 Å². The van der Waals surface area contributed by atoms with Crippen molar-refractivity contribution >= 4 is 38.7 Å². The first-order chi connectivity index (χ1) is 27.1. The van der Waals surface area contributed by atoms with Crippen LogP contribution in [0.2, 0.25) is 0 Å². The summed E-state index contributed by atoms with van der Waals surface area (Å²) in [5.74, 6) is 0. The van der Waals surface area contributed by atoms with E-state index >= 15 is 0 Å². The number of hydrogen-bond acceptors (Lipinski definition) is 9. The van der Waals surface area contributed by atoms with Crippen molar-refractivity contribution < 1.29 is 64.1 Å². The molecule has 0 fully saturated rings. The molecule has 3 aromatic carbocycles. The SMILES string of the molecule is CCCCCCCCCc1ccc(P(=O)([O-])[O-])cc1.CCCCCCCCCc1ccc(P(=O)([O-])[O-])cc1.CCCCCCCCCc1ccc(P(=O)([O-])[O-])cc1.[Mo+6]. The Morgan fingerprint density at radius 1 is 0.310 bits per heavy atom. The average Bonchev–Trinajstić information content (AvgIpc) is 3.17. The summed E-state index contributed by atoms with van der Waals surface area (Å²) in [5.41, 5.74) is 3.31. The summed E-state index contributed by atoms with van der Waals surface area (Å²) < 4.78 is 32.4. The second-order valence-electron chi connectivity index (χ2n) is 15.1. The molecule has 0 bridgehead atoms. The van der Waals surface area contributed by atoms with E-state index in [-0.39, 0.29) is 37.0 Å². The summed E-state index contributed by atoms with van der Waals surface area (Å²) in [6, 6.07) is 19.0. The summed E-state index contributed by atoms with van der Waals surface area (Å²) in [7, 11) is -13.8. The number of aryl methyl sites for hydroxylation is 3. The molecular weight excluding hydrogens is 873 g/mol. The van der Waals surface area contributed by atoms with Crippen molar-refractivity contribution in [2.24, 2.45) is 0 Å². The first-order valence-corrected chi connectivity index (χ1v) is 26.1. The molecule has 3 aromatic rings. The maximum atomic E-state index is 10.8. The summed E-state index contributed by atoms with van der Waals surface area (Å²) in [6.07, 6.45) is 29.4. The molecule has 0 N–H and O–H groups in total. The number of benzene rings is 3. The van der Waals surface area contributed by atoms with Crippen molar-refractivity contribution in [3.05, 3.63) is 89.5 Å². The Morgan fingerprint density at radius 2 is 0.483 bits per heavy atom. The molecule has 0 atom stereocenters. The van der Waals surface area contributed by atoms with Crippen molar-refractivity contribution in [1.82, 2.24) is 0 Å². The topological polar surface area (TPSA) is 190 Å². The van der Waals surface area contributed by atoms with Crippen LogP contribution in [0.25, 0.3) is 0 Å². The molecule has 13 heteroatoms. The molecule has 0 unspecified atom stereocenters.